The molecule has 0 aromatic heterocycles. The summed E-state index contributed by atoms with van der Waals surface area (Å²) in [6, 6.07) is 0. The molecule has 0 aromatic carbocycles. The molecule has 0 aliphatic heterocycles. The Hall–Kier alpha value is 0. The maximum absolute atomic E-state index is 2.52. The molecule has 0 aromatic rings. The van der Waals surface area contributed by atoms with Crippen LogP contribution in [-0.4, -0.2) is 0 Å². The largest absolute Gasteiger partial charge is 0.0651 e. The Kier molecular flexibility index (Phi) is 2.37. The molecule has 4 atom stereocenters. The van der Waals surface area contributed by atoms with Gasteiger partial charge < -0.3 is 0 Å². The standard InChI is InChI=1S/C15H26/c1-3-13-10-14-11(2)15(13,14)9-5-4-6-12-7-8-12/h11-14H,3-10H2,1-2H3. The highest BCUT2D eigenvalue weighted by Crippen LogP contribution is 2.77. The molecule has 0 radical (unpaired) electrons. The summed E-state index contributed by atoms with van der Waals surface area (Å²) < 4.78 is 0. The van der Waals surface area contributed by atoms with Crippen LogP contribution in [0.25, 0.3) is 0 Å². The van der Waals surface area contributed by atoms with Crippen LogP contribution in [0, 0.1) is 29.1 Å². The molecule has 0 N–H and O–H groups in total. The summed E-state index contributed by atoms with van der Waals surface area (Å²) in [5.41, 5.74) is 0.873. The Morgan fingerprint density at radius 2 is 2.00 bits per heavy atom. The Labute approximate surface area is 94.8 Å². The van der Waals surface area contributed by atoms with E-state index >= 15 is 0 Å². The molecule has 0 nitrogen and oxygen atoms in total. The normalized spacial score (nSPS) is 47.2. The van der Waals surface area contributed by atoms with Gasteiger partial charge in [0.25, 0.3) is 0 Å². The minimum atomic E-state index is 0.873. The van der Waals surface area contributed by atoms with Gasteiger partial charge in [-0.1, -0.05) is 52.4 Å². The first kappa shape index (κ1) is 10.2. The van der Waals surface area contributed by atoms with E-state index in [2.05, 4.69) is 13.8 Å². The van der Waals surface area contributed by atoms with Crippen molar-refractivity contribution in [3.63, 3.8) is 0 Å². The first-order valence-electron chi connectivity index (χ1n) is 7.29. The summed E-state index contributed by atoms with van der Waals surface area (Å²) in [5, 5.41) is 0. The van der Waals surface area contributed by atoms with E-state index in [0.29, 0.717) is 0 Å². The van der Waals surface area contributed by atoms with Crippen molar-refractivity contribution >= 4 is 0 Å². The number of fused-ring (bicyclic) bond motifs is 1. The zero-order valence-electron chi connectivity index (χ0n) is 10.5. The van der Waals surface area contributed by atoms with E-state index in [1.54, 1.807) is 32.1 Å². The smallest absolute Gasteiger partial charge is 0.0210 e. The van der Waals surface area contributed by atoms with E-state index in [0.717, 1.165) is 29.1 Å². The second-order valence-corrected chi connectivity index (χ2v) is 6.54. The van der Waals surface area contributed by atoms with Gasteiger partial charge >= 0.3 is 0 Å². The highest BCUT2D eigenvalue weighted by Gasteiger charge is 2.71. The van der Waals surface area contributed by atoms with Crippen LogP contribution in [0.3, 0.4) is 0 Å². The van der Waals surface area contributed by atoms with E-state index in [9.17, 15) is 0 Å². The lowest BCUT2D eigenvalue weighted by molar-refractivity contribution is 0.131. The summed E-state index contributed by atoms with van der Waals surface area (Å²) in [6.45, 7) is 4.92. The fourth-order valence-corrected chi connectivity index (χ4v) is 4.65. The van der Waals surface area contributed by atoms with Crippen LogP contribution in [0.5, 0.6) is 0 Å². The molecule has 15 heavy (non-hydrogen) atoms. The van der Waals surface area contributed by atoms with Crippen LogP contribution in [0.4, 0.5) is 0 Å². The Morgan fingerprint density at radius 3 is 2.53 bits per heavy atom. The zero-order chi connectivity index (χ0) is 10.5. The lowest BCUT2D eigenvalue weighted by atomic mass is 9.69. The number of rotatable bonds is 6. The third kappa shape index (κ3) is 1.47. The molecule has 86 valence electrons. The van der Waals surface area contributed by atoms with E-state index < -0.39 is 0 Å². The van der Waals surface area contributed by atoms with Crippen molar-refractivity contribution in [2.45, 2.75) is 65.2 Å². The first-order valence-corrected chi connectivity index (χ1v) is 7.29. The molecule has 3 fully saturated rings. The molecule has 0 heteroatoms. The molecule has 0 heterocycles. The van der Waals surface area contributed by atoms with Gasteiger partial charge in [-0.25, -0.2) is 0 Å². The van der Waals surface area contributed by atoms with Gasteiger partial charge in [-0.2, -0.15) is 0 Å². The maximum Gasteiger partial charge on any atom is -0.0210 e. The summed E-state index contributed by atoms with van der Waals surface area (Å²) in [7, 11) is 0. The predicted octanol–water partition coefficient (Wildman–Crippen LogP) is 4.64. The van der Waals surface area contributed by atoms with Gasteiger partial charge in [-0.15, -0.1) is 0 Å². The molecule has 0 amide bonds. The summed E-state index contributed by atoms with van der Waals surface area (Å²) in [6.07, 6.45) is 12.3. The number of hydrogen-bond donors (Lipinski definition) is 0. The molecule has 3 saturated carbocycles. The van der Waals surface area contributed by atoms with Gasteiger partial charge in [0.15, 0.2) is 0 Å². The lowest BCUT2D eigenvalue weighted by Gasteiger charge is -2.36. The van der Waals surface area contributed by atoms with Gasteiger partial charge in [0.1, 0.15) is 0 Å². The Morgan fingerprint density at radius 1 is 1.20 bits per heavy atom. The highest BCUT2D eigenvalue weighted by atomic mass is 14.8. The van der Waals surface area contributed by atoms with Crippen LogP contribution in [0.15, 0.2) is 0 Å². The Balaban J connectivity index is 1.42. The van der Waals surface area contributed by atoms with Crippen molar-refractivity contribution in [2.75, 3.05) is 0 Å². The average molecular weight is 206 g/mol. The van der Waals surface area contributed by atoms with E-state index in [-0.39, 0.29) is 0 Å². The molecule has 3 aliphatic carbocycles. The molecule has 3 aliphatic rings. The molecule has 4 unspecified atom stereocenters. The fraction of sp³-hybridized carbons (Fsp3) is 1.00. The molecular formula is C15H26. The number of unbranched alkanes of at least 4 members (excludes halogenated alkanes) is 1. The predicted molar refractivity (Wildman–Crippen MR) is 64.7 cm³/mol. The van der Waals surface area contributed by atoms with Crippen molar-refractivity contribution in [3.8, 4) is 0 Å². The van der Waals surface area contributed by atoms with Gasteiger partial charge in [0.05, 0.1) is 0 Å². The third-order valence-electron chi connectivity index (χ3n) is 5.99. The van der Waals surface area contributed by atoms with Crippen molar-refractivity contribution < 1.29 is 0 Å². The quantitative estimate of drug-likeness (QED) is 0.555. The molecule has 0 spiro atoms. The van der Waals surface area contributed by atoms with E-state index in [4.69, 9.17) is 0 Å². The van der Waals surface area contributed by atoms with Crippen molar-refractivity contribution in [1.82, 2.24) is 0 Å². The van der Waals surface area contributed by atoms with Crippen LogP contribution < -0.4 is 0 Å². The van der Waals surface area contributed by atoms with Gasteiger partial charge in [-0.3, -0.25) is 0 Å². The summed E-state index contributed by atoms with van der Waals surface area (Å²) >= 11 is 0. The molecule has 3 rings (SSSR count). The van der Waals surface area contributed by atoms with E-state index in [1.807, 2.05) is 0 Å². The molecule has 0 bridgehead atoms. The highest BCUT2D eigenvalue weighted by molar-refractivity contribution is 5.19. The van der Waals surface area contributed by atoms with Gasteiger partial charge in [0, 0.05) is 0 Å². The minimum Gasteiger partial charge on any atom is -0.0651 e. The van der Waals surface area contributed by atoms with Crippen molar-refractivity contribution in [1.29, 1.82) is 0 Å². The van der Waals surface area contributed by atoms with Crippen LogP contribution in [0.2, 0.25) is 0 Å². The molecule has 0 saturated heterocycles. The molecular weight excluding hydrogens is 180 g/mol. The second kappa shape index (κ2) is 3.50. The zero-order valence-corrected chi connectivity index (χ0v) is 10.5. The SMILES string of the molecule is CCC1CC2C(C)C12CCCCC1CC1. The fourth-order valence-electron chi connectivity index (χ4n) is 4.65. The monoisotopic (exact) mass is 206 g/mol. The topological polar surface area (TPSA) is 0 Å². The lowest BCUT2D eigenvalue weighted by Crippen LogP contribution is -2.28. The first-order chi connectivity index (χ1) is 7.29. The van der Waals surface area contributed by atoms with Crippen molar-refractivity contribution in [3.05, 3.63) is 0 Å². The minimum absolute atomic E-state index is 0.873. The summed E-state index contributed by atoms with van der Waals surface area (Å²) in [4.78, 5) is 0. The third-order valence-corrected chi connectivity index (χ3v) is 5.99. The maximum atomic E-state index is 2.52. The van der Waals surface area contributed by atoms with Crippen molar-refractivity contribution in [2.24, 2.45) is 29.1 Å². The summed E-state index contributed by atoms with van der Waals surface area (Å²) in [5.74, 6) is 4.50. The van der Waals surface area contributed by atoms with Gasteiger partial charge in [0.2, 0.25) is 0 Å². The Bertz CT molecular complexity index is 234. The van der Waals surface area contributed by atoms with E-state index in [1.165, 1.54) is 19.3 Å². The average Bonchev–Trinajstić information content (AvgIpc) is 3.06. The second-order valence-electron chi connectivity index (χ2n) is 6.54. The van der Waals surface area contributed by atoms with Crippen LogP contribution in [0.1, 0.15) is 65.2 Å². The van der Waals surface area contributed by atoms with Crippen LogP contribution >= 0.6 is 0 Å². The van der Waals surface area contributed by atoms with Crippen LogP contribution in [-0.2, 0) is 0 Å². The number of hydrogen-bond acceptors (Lipinski definition) is 0. The van der Waals surface area contributed by atoms with Gasteiger partial charge in [-0.05, 0) is 41.9 Å².